The largest absolute Gasteiger partial charge is 0.323 e. The minimum atomic E-state index is -0.364. The minimum Gasteiger partial charge on any atom is -0.322 e. The summed E-state index contributed by atoms with van der Waals surface area (Å²) in [5.74, 6) is -0.263. The number of aromatic nitrogens is 2. The number of amides is 3. The van der Waals surface area contributed by atoms with Crippen LogP contribution in [-0.4, -0.2) is 22.1 Å². The minimum absolute atomic E-state index is 0.263. The number of fused-ring (bicyclic) bond motifs is 1. The fourth-order valence-corrected chi connectivity index (χ4v) is 2.85. The maximum Gasteiger partial charge on any atom is 0.323 e. The highest BCUT2D eigenvalue weighted by Gasteiger charge is 2.12. The van der Waals surface area contributed by atoms with E-state index in [0.29, 0.717) is 28.1 Å². The van der Waals surface area contributed by atoms with E-state index in [4.69, 9.17) is 0 Å². The monoisotopic (exact) mass is 371 g/mol. The number of para-hydroxylation sites is 2. The van der Waals surface area contributed by atoms with Gasteiger partial charge in [-0.2, -0.15) is 5.10 Å². The fourth-order valence-electron chi connectivity index (χ4n) is 2.85. The van der Waals surface area contributed by atoms with Gasteiger partial charge in [0.15, 0.2) is 0 Å². The lowest BCUT2D eigenvalue weighted by molar-refractivity contribution is 0.102. The number of hydrogen-bond acceptors (Lipinski definition) is 3. The quantitative estimate of drug-likeness (QED) is 0.426. The maximum absolute atomic E-state index is 12.6. The summed E-state index contributed by atoms with van der Waals surface area (Å²) in [5.41, 5.74) is 2.99. The lowest BCUT2D eigenvalue weighted by atomic mass is 10.1. The van der Waals surface area contributed by atoms with Crippen molar-refractivity contribution in [3.63, 3.8) is 0 Å². The molecule has 0 bridgehead atoms. The molecule has 3 aromatic carbocycles. The maximum atomic E-state index is 12.6. The molecule has 0 fully saturated rings. The molecule has 0 saturated carbocycles. The molecule has 1 aromatic heterocycles. The van der Waals surface area contributed by atoms with Crippen molar-refractivity contribution in [2.45, 2.75) is 0 Å². The molecule has 0 aliphatic carbocycles. The van der Waals surface area contributed by atoms with E-state index in [1.807, 2.05) is 24.3 Å². The number of urea groups is 1. The molecular formula is C21H17N5O2. The number of carbonyl (C=O) groups excluding carboxylic acids is 2. The molecule has 7 heteroatoms. The first-order chi connectivity index (χ1) is 13.7. The molecule has 0 radical (unpaired) electrons. The van der Waals surface area contributed by atoms with Crippen LogP contribution >= 0.6 is 0 Å². The molecule has 4 aromatic rings. The van der Waals surface area contributed by atoms with E-state index in [1.54, 1.807) is 54.7 Å². The Hall–Kier alpha value is -4.13. The van der Waals surface area contributed by atoms with Crippen molar-refractivity contribution in [1.82, 2.24) is 10.2 Å². The summed E-state index contributed by atoms with van der Waals surface area (Å²) in [4.78, 5) is 24.8. The molecule has 0 unspecified atom stereocenters. The van der Waals surface area contributed by atoms with Gasteiger partial charge in [0.25, 0.3) is 5.91 Å². The smallest absolute Gasteiger partial charge is 0.322 e. The van der Waals surface area contributed by atoms with Crippen LogP contribution in [0.2, 0.25) is 0 Å². The highest BCUT2D eigenvalue weighted by molar-refractivity contribution is 6.12. The Morgan fingerprint density at radius 1 is 0.750 bits per heavy atom. The number of H-pyrrole nitrogens is 1. The highest BCUT2D eigenvalue weighted by atomic mass is 16.2. The standard InChI is InChI=1S/C21H17N5O2/c27-20(18-11-4-6-14-13-22-26-19(14)18)23-16-9-5-10-17(12-16)25-21(28)24-15-7-2-1-3-8-15/h1-13H,(H,22,26)(H,23,27)(H2,24,25,28). The summed E-state index contributed by atoms with van der Waals surface area (Å²) < 4.78 is 0. The van der Waals surface area contributed by atoms with Crippen molar-refractivity contribution < 1.29 is 9.59 Å². The second-order valence-corrected chi connectivity index (χ2v) is 6.12. The number of hydrogen-bond donors (Lipinski definition) is 4. The van der Waals surface area contributed by atoms with E-state index in [0.717, 1.165) is 5.39 Å². The molecule has 0 aliphatic rings. The number of rotatable bonds is 4. The Morgan fingerprint density at radius 2 is 1.43 bits per heavy atom. The first-order valence-electron chi connectivity index (χ1n) is 8.65. The van der Waals surface area contributed by atoms with Crippen LogP contribution in [0, 0.1) is 0 Å². The molecule has 28 heavy (non-hydrogen) atoms. The van der Waals surface area contributed by atoms with Crippen LogP contribution < -0.4 is 16.0 Å². The zero-order valence-corrected chi connectivity index (χ0v) is 14.8. The van der Waals surface area contributed by atoms with Crippen molar-refractivity contribution in [1.29, 1.82) is 0 Å². The molecule has 138 valence electrons. The first kappa shape index (κ1) is 17.3. The van der Waals surface area contributed by atoms with Crippen LogP contribution in [0.25, 0.3) is 10.9 Å². The van der Waals surface area contributed by atoms with E-state index < -0.39 is 0 Å². The van der Waals surface area contributed by atoms with Gasteiger partial charge in [0, 0.05) is 22.4 Å². The summed E-state index contributed by atoms with van der Waals surface area (Å²) in [6.07, 6.45) is 1.67. The lowest BCUT2D eigenvalue weighted by Gasteiger charge is -2.10. The van der Waals surface area contributed by atoms with Gasteiger partial charge in [0.1, 0.15) is 0 Å². The van der Waals surface area contributed by atoms with Crippen LogP contribution in [0.5, 0.6) is 0 Å². The highest BCUT2D eigenvalue weighted by Crippen LogP contribution is 2.20. The zero-order valence-electron chi connectivity index (χ0n) is 14.8. The third kappa shape index (κ3) is 3.83. The summed E-state index contributed by atoms with van der Waals surface area (Å²) >= 11 is 0. The first-order valence-corrected chi connectivity index (χ1v) is 8.65. The van der Waals surface area contributed by atoms with Gasteiger partial charge in [-0.1, -0.05) is 36.4 Å². The molecule has 7 nitrogen and oxygen atoms in total. The predicted octanol–water partition coefficient (Wildman–Crippen LogP) is 4.46. The normalized spacial score (nSPS) is 10.4. The van der Waals surface area contributed by atoms with Gasteiger partial charge >= 0.3 is 6.03 Å². The number of nitrogens with one attached hydrogen (secondary N) is 4. The average Bonchev–Trinajstić information content (AvgIpc) is 3.17. The topological polar surface area (TPSA) is 98.9 Å². The number of nitrogens with zero attached hydrogens (tertiary/aromatic N) is 1. The summed E-state index contributed by atoms with van der Waals surface area (Å²) in [7, 11) is 0. The van der Waals surface area contributed by atoms with E-state index in [2.05, 4.69) is 26.1 Å². The second-order valence-electron chi connectivity index (χ2n) is 6.12. The summed E-state index contributed by atoms with van der Waals surface area (Å²) in [6, 6.07) is 21.1. The van der Waals surface area contributed by atoms with E-state index >= 15 is 0 Å². The summed E-state index contributed by atoms with van der Waals surface area (Å²) in [5, 5.41) is 16.0. The Balaban J connectivity index is 1.45. The van der Waals surface area contributed by atoms with Crippen molar-refractivity contribution >= 4 is 39.9 Å². The molecule has 1 heterocycles. The second kappa shape index (κ2) is 7.63. The molecule has 0 aliphatic heterocycles. The van der Waals surface area contributed by atoms with Gasteiger partial charge < -0.3 is 16.0 Å². The number of carbonyl (C=O) groups is 2. The van der Waals surface area contributed by atoms with E-state index in [9.17, 15) is 9.59 Å². The summed E-state index contributed by atoms with van der Waals surface area (Å²) in [6.45, 7) is 0. The van der Waals surface area contributed by atoms with Crippen molar-refractivity contribution in [2.75, 3.05) is 16.0 Å². The Kier molecular flexibility index (Phi) is 4.71. The number of anilines is 3. The third-order valence-corrected chi connectivity index (χ3v) is 4.13. The van der Waals surface area contributed by atoms with Crippen molar-refractivity contribution in [3.8, 4) is 0 Å². The molecular weight excluding hydrogens is 354 g/mol. The van der Waals surface area contributed by atoms with Gasteiger partial charge in [-0.3, -0.25) is 9.89 Å². The Bertz CT molecular complexity index is 1140. The Labute approximate surface area is 160 Å². The predicted molar refractivity (Wildman–Crippen MR) is 110 cm³/mol. The molecule has 0 spiro atoms. The van der Waals surface area contributed by atoms with Gasteiger partial charge in [-0.15, -0.1) is 0 Å². The lowest BCUT2D eigenvalue weighted by Crippen LogP contribution is -2.19. The van der Waals surface area contributed by atoms with E-state index in [-0.39, 0.29) is 11.9 Å². The van der Waals surface area contributed by atoms with E-state index in [1.165, 1.54) is 0 Å². The van der Waals surface area contributed by atoms with Gasteiger partial charge in [0.2, 0.25) is 0 Å². The van der Waals surface area contributed by atoms with Gasteiger partial charge in [-0.25, -0.2) is 4.79 Å². The van der Waals surface area contributed by atoms with Crippen LogP contribution in [0.3, 0.4) is 0 Å². The Morgan fingerprint density at radius 3 is 2.25 bits per heavy atom. The van der Waals surface area contributed by atoms with Gasteiger partial charge in [-0.05, 0) is 36.4 Å². The van der Waals surface area contributed by atoms with Crippen molar-refractivity contribution in [3.05, 3.63) is 84.6 Å². The third-order valence-electron chi connectivity index (χ3n) is 4.13. The molecule has 0 saturated heterocycles. The molecule has 4 N–H and O–H groups in total. The van der Waals surface area contributed by atoms with Crippen LogP contribution in [0.15, 0.2) is 79.0 Å². The number of benzene rings is 3. The zero-order chi connectivity index (χ0) is 19.3. The van der Waals surface area contributed by atoms with Crippen LogP contribution in [0.4, 0.5) is 21.9 Å². The van der Waals surface area contributed by atoms with Crippen LogP contribution in [-0.2, 0) is 0 Å². The SMILES string of the molecule is O=C(Nc1ccccc1)Nc1cccc(NC(=O)c2cccc3cn[nH]c23)c1. The van der Waals surface area contributed by atoms with Crippen LogP contribution in [0.1, 0.15) is 10.4 Å². The van der Waals surface area contributed by atoms with Crippen molar-refractivity contribution in [2.24, 2.45) is 0 Å². The molecule has 0 atom stereocenters. The molecule has 4 rings (SSSR count). The van der Waals surface area contributed by atoms with Gasteiger partial charge in [0.05, 0.1) is 17.3 Å². The molecule has 3 amide bonds. The number of aromatic amines is 1. The average molecular weight is 371 g/mol. The fraction of sp³-hybridized carbons (Fsp3) is 0.